The fourth-order valence-electron chi connectivity index (χ4n) is 2.37. The minimum Gasteiger partial charge on any atom is -0.474 e. The Morgan fingerprint density at radius 1 is 1.27 bits per heavy atom. The number of amides is 1. The molecule has 0 bridgehead atoms. The standard InChI is InChI=1S/C15H11N3O3S/c19-15(12-13(21-9-17-12)11-4-2-8-22-11)18-6-7-20-14-10(18)3-1-5-16-14/h1-5,8-9H,6-7H2. The van der Waals surface area contributed by atoms with E-state index in [1.54, 1.807) is 17.2 Å². The van der Waals surface area contributed by atoms with Crippen LogP contribution in [-0.4, -0.2) is 29.0 Å². The smallest absolute Gasteiger partial charge is 0.281 e. The zero-order chi connectivity index (χ0) is 14.9. The minimum absolute atomic E-state index is 0.213. The van der Waals surface area contributed by atoms with E-state index in [4.69, 9.17) is 9.15 Å². The number of thiophene rings is 1. The Kier molecular flexibility index (Phi) is 3.12. The summed E-state index contributed by atoms with van der Waals surface area (Å²) in [6, 6.07) is 7.39. The van der Waals surface area contributed by atoms with E-state index in [1.807, 2.05) is 23.6 Å². The number of carbonyl (C=O) groups is 1. The number of rotatable bonds is 2. The SMILES string of the molecule is O=C(c1ncoc1-c1cccs1)N1CCOc2ncccc21. The molecule has 3 aromatic rings. The highest BCUT2D eigenvalue weighted by Gasteiger charge is 2.29. The average molecular weight is 313 g/mol. The lowest BCUT2D eigenvalue weighted by Gasteiger charge is -2.27. The molecule has 4 heterocycles. The molecule has 6 nitrogen and oxygen atoms in total. The van der Waals surface area contributed by atoms with Gasteiger partial charge in [0, 0.05) is 6.20 Å². The van der Waals surface area contributed by atoms with Crippen LogP contribution in [0.4, 0.5) is 5.69 Å². The number of hydrogen-bond donors (Lipinski definition) is 0. The van der Waals surface area contributed by atoms with E-state index in [1.165, 1.54) is 17.7 Å². The van der Waals surface area contributed by atoms with Crippen molar-refractivity contribution in [1.82, 2.24) is 9.97 Å². The molecule has 0 fully saturated rings. The molecule has 0 aliphatic carbocycles. The molecule has 0 aromatic carbocycles. The molecular weight excluding hydrogens is 302 g/mol. The van der Waals surface area contributed by atoms with Crippen molar-refractivity contribution in [2.45, 2.75) is 0 Å². The second-order valence-corrected chi connectivity index (χ2v) is 5.59. The lowest BCUT2D eigenvalue weighted by atomic mass is 10.2. The Balaban J connectivity index is 1.74. The van der Waals surface area contributed by atoms with Crippen molar-refractivity contribution in [3.8, 4) is 16.5 Å². The molecule has 7 heteroatoms. The Bertz CT molecular complexity index is 813. The summed E-state index contributed by atoms with van der Waals surface area (Å²) in [5.41, 5.74) is 0.957. The maximum atomic E-state index is 12.9. The lowest BCUT2D eigenvalue weighted by Crippen LogP contribution is -2.38. The second kappa shape index (κ2) is 5.27. The molecule has 0 spiro atoms. The minimum atomic E-state index is -0.213. The molecule has 1 aliphatic heterocycles. The van der Waals surface area contributed by atoms with Crippen molar-refractivity contribution in [1.29, 1.82) is 0 Å². The number of hydrogen-bond acceptors (Lipinski definition) is 6. The number of fused-ring (bicyclic) bond motifs is 1. The van der Waals surface area contributed by atoms with Crippen LogP contribution in [0.1, 0.15) is 10.5 Å². The van der Waals surface area contributed by atoms with Gasteiger partial charge in [0.05, 0.1) is 11.4 Å². The van der Waals surface area contributed by atoms with Crippen LogP contribution in [-0.2, 0) is 0 Å². The van der Waals surface area contributed by atoms with E-state index >= 15 is 0 Å². The number of anilines is 1. The van der Waals surface area contributed by atoms with Gasteiger partial charge < -0.3 is 9.15 Å². The van der Waals surface area contributed by atoms with Gasteiger partial charge >= 0.3 is 0 Å². The molecule has 0 unspecified atom stereocenters. The molecule has 1 amide bonds. The van der Waals surface area contributed by atoms with Crippen LogP contribution in [0.3, 0.4) is 0 Å². The van der Waals surface area contributed by atoms with Crippen LogP contribution < -0.4 is 9.64 Å². The van der Waals surface area contributed by atoms with Crippen LogP contribution in [0.25, 0.3) is 10.6 Å². The summed E-state index contributed by atoms with van der Waals surface area (Å²) in [4.78, 5) is 23.6. The van der Waals surface area contributed by atoms with Crippen LogP contribution in [0.2, 0.25) is 0 Å². The predicted molar refractivity (Wildman–Crippen MR) is 81.2 cm³/mol. The molecule has 4 rings (SSSR count). The molecule has 0 saturated carbocycles. The third-order valence-corrected chi connectivity index (χ3v) is 4.22. The van der Waals surface area contributed by atoms with Gasteiger partial charge in [0.25, 0.3) is 5.91 Å². The van der Waals surface area contributed by atoms with Crippen LogP contribution in [0.15, 0.2) is 46.7 Å². The third kappa shape index (κ3) is 2.06. The second-order valence-electron chi connectivity index (χ2n) is 4.64. The first-order valence-corrected chi connectivity index (χ1v) is 7.59. The van der Waals surface area contributed by atoms with E-state index in [2.05, 4.69) is 9.97 Å². The summed E-state index contributed by atoms with van der Waals surface area (Å²) < 4.78 is 10.9. The maximum absolute atomic E-state index is 12.9. The Hall–Kier alpha value is -2.67. The van der Waals surface area contributed by atoms with Gasteiger partial charge in [-0.3, -0.25) is 9.69 Å². The summed E-state index contributed by atoms with van der Waals surface area (Å²) in [6.07, 6.45) is 2.94. The lowest BCUT2D eigenvalue weighted by molar-refractivity contribution is 0.0971. The number of carbonyl (C=O) groups excluding carboxylic acids is 1. The van der Waals surface area contributed by atoms with Gasteiger partial charge in [-0.2, -0.15) is 0 Å². The molecular formula is C15H11N3O3S. The first-order valence-electron chi connectivity index (χ1n) is 6.71. The van der Waals surface area contributed by atoms with Crippen molar-refractivity contribution in [2.75, 3.05) is 18.1 Å². The Morgan fingerprint density at radius 3 is 3.09 bits per heavy atom. The van der Waals surface area contributed by atoms with E-state index in [0.29, 0.717) is 36.2 Å². The summed E-state index contributed by atoms with van der Waals surface area (Å²) >= 11 is 1.50. The Labute approximate surface area is 130 Å². The highest BCUT2D eigenvalue weighted by atomic mass is 32.1. The molecule has 0 radical (unpaired) electrons. The number of oxazole rings is 1. The molecule has 0 atom stereocenters. The number of aromatic nitrogens is 2. The normalized spacial score (nSPS) is 13.5. The quantitative estimate of drug-likeness (QED) is 0.727. The molecule has 22 heavy (non-hydrogen) atoms. The van der Waals surface area contributed by atoms with Crippen molar-refractivity contribution in [3.63, 3.8) is 0 Å². The van der Waals surface area contributed by atoms with Crippen LogP contribution in [0, 0.1) is 0 Å². The molecule has 3 aromatic heterocycles. The topological polar surface area (TPSA) is 68.5 Å². The third-order valence-electron chi connectivity index (χ3n) is 3.36. The van der Waals surface area contributed by atoms with E-state index in [0.717, 1.165) is 4.88 Å². The zero-order valence-electron chi connectivity index (χ0n) is 11.4. The number of nitrogens with zero attached hydrogens (tertiary/aromatic N) is 3. The highest BCUT2D eigenvalue weighted by Crippen LogP contribution is 2.33. The molecule has 1 aliphatic rings. The van der Waals surface area contributed by atoms with Crippen molar-refractivity contribution in [2.24, 2.45) is 0 Å². The van der Waals surface area contributed by atoms with Crippen molar-refractivity contribution < 1.29 is 13.9 Å². The Morgan fingerprint density at radius 2 is 2.23 bits per heavy atom. The largest absolute Gasteiger partial charge is 0.474 e. The van der Waals surface area contributed by atoms with Gasteiger partial charge in [-0.25, -0.2) is 9.97 Å². The fraction of sp³-hybridized carbons (Fsp3) is 0.133. The summed E-state index contributed by atoms with van der Waals surface area (Å²) in [6.45, 7) is 0.857. The molecule has 0 saturated heterocycles. The van der Waals surface area contributed by atoms with Crippen LogP contribution in [0.5, 0.6) is 5.88 Å². The molecule has 0 N–H and O–H groups in total. The predicted octanol–water partition coefficient (Wildman–Crippen LogP) is 2.84. The maximum Gasteiger partial charge on any atom is 0.281 e. The number of pyridine rings is 1. The highest BCUT2D eigenvalue weighted by molar-refractivity contribution is 7.13. The first-order chi connectivity index (χ1) is 10.8. The first kappa shape index (κ1) is 13.0. The van der Waals surface area contributed by atoms with E-state index in [-0.39, 0.29) is 5.91 Å². The fourth-order valence-corrected chi connectivity index (χ4v) is 3.09. The summed E-state index contributed by atoms with van der Waals surface area (Å²) in [5, 5.41) is 1.93. The number of ether oxygens (including phenoxy) is 1. The van der Waals surface area contributed by atoms with E-state index in [9.17, 15) is 4.79 Å². The van der Waals surface area contributed by atoms with E-state index < -0.39 is 0 Å². The van der Waals surface area contributed by atoms with Gasteiger partial charge in [-0.1, -0.05) is 6.07 Å². The molecule has 110 valence electrons. The monoisotopic (exact) mass is 313 g/mol. The summed E-state index contributed by atoms with van der Waals surface area (Å²) in [7, 11) is 0. The zero-order valence-corrected chi connectivity index (χ0v) is 12.2. The van der Waals surface area contributed by atoms with Crippen molar-refractivity contribution in [3.05, 3.63) is 47.9 Å². The van der Waals surface area contributed by atoms with Gasteiger partial charge in [0.15, 0.2) is 17.8 Å². The van der Waals surface area contributed by atoms with Crippen LogP contribution >= 0.6 is 11.3 Å². The van der Waals surface area contributed by atoms with Gasteiger partial charge in [-0.05, 0) is 23.6 Å². The summed E-state index contributed by atoms with van der Waals surface area (Å²) in [5.74, 6) is 0.745. The van der Waals surface area contributed by atoms with Crippen molar-refractivity contribution >= 4 is 22.9 Å². The van der Waals surface area contributed by atoms with Gasteiger partial charge in [0.2, 0.25) is 5.88 Å². The van der Waals surface area contributed by atoms with Gasteiger partial charge in [0.1, 0.15) is 12.3 Å². The average Bonchev–Trinajstić information content (AvgIpc) is 3.24. The van der Waals surface area contributed by atoms with Gasteiger partial charge in [-0.15, -0.1) is 11.3 Å².